The van der Waals surface area contributed by atoms with Gasteiger partial charge in [0.1, 0.15) is 11.4 Å². The summed E-state index contributed by atoms with van der Waals surface area (Å²) in [4.78, 5) is 43.1. The molecule has 2 heterocycles. The molecule has 190 valence electrons. The van der Waals surface area contributed by atoms with E-state index in [-0.39, 0.29) is 23.4 Å². The molecule has 3 aromatic rings. The number of hydroxylamine groups is 2. The Morgan fingerprint density at radius 2 is 1.83 bits per heavy atom. The van der Waals surface area contributed by atoms with Crippen molar-refractivity contribution in [3.05, 3.63) is 69.8 Å². The first-order chi connectivity index (χ1) is 17.3. The molecule has 0 aliphatic carbocycles. The van der Waals surface area contributed by atoms with Crippen LogP contribution in [0, 0.1) is 5.82 Å². The number of nitrogens with zero attached hydrogens (tertiary/aromatic N) is 3. The summed E-state index contributed by atoms with van der Waals surface area (Å²) in [6.45, 7) is 4.64. The smallest absolute Gasteiger partial charge is 0.341 e. The summed E-state index contributed by atoms with van der Waals surface area (Å²) in [7, 11) is 0. The quantitative estimate of drug-likeness (QED) is 0.431. The Labute approximate surface area is 206 Å². The van der Waals surface area contributed by atoms with Crippen molar-refractivity contribution in [3.8, 4) is 0 Å². The summed E-state index contributed by atoms with van der Waals surface area (Å²) in [5, 5.41) is 13.9. The first-order valence-corrected chi connectivity index (χ1v) is 11.6. The van der Waals surface area contributed by atoms with E-state index < -0.39 is 17.2 Å². The maximum atomic E-state index is 15.0. The third kappa shape index (κ3) is 5.38. The molecule has 11 heteroatoms. The topological polar surface area (TPSA) is 130 Å². The van der Waals surface area contributed by atoms with E-state index in [0.29, 0.717) is 56.2 Å². The minimum Gasteiger partial charge on any atom is -0.477 e. The second-order valence-electron chi connectivity index (χ2n) is 8.42. The molecule has 36 heavy (non-hydrogen) atoms. The number of halogens is 1. The molecule has 1 saturated heterocycles. The molecule has 0 spiro atoms. The Bertz CT molecular complexity index is 1330. The van der Waals surface area contributed by atoms with Crippen molar-refractivity contribution >= 4 is 34.2 Å². The molecule has 0 unspecified atom stereocenters. The van der Waals surface area contributed by atoms with Gasteiger partial charge in [0.15, 0.2) is 0 Å². The van der Waals surface area contributed by atoms with Crippen molar-refractivity contribution in [3.63, 3.8) is 0 Å². The molecule has 0 bridgehead atoms. The largest absolute Gasteiger partial charge is 0.477 e. The number of carbonyl (C=O) groups is 2. The zero-order chi connectivity index (χ0) is 25.8. The van der Waals surface area contributed by atoms with Crippen LogP contribution in [0.3, 0.4) is 0 Å². The van der Waals surface area contributed by atoms with Crippen LogP contribution in [-0.4, -0.2) is 59.3 Å². The number of nitrogens with one attached hydrogen (secondary N) is 1. The fraction of sp³-hybridized carbons (Fsp3) is 0.320. The zero-order valence-corrected chi connectivity index (χ0v) is 19.9. The number of aromatic nitrogens is 1. The molecule has 1 aromatic heterocycles. The Kier molecular flexibility index (Phi) is 7.63. The summed E-state index contributed by atoms with van der Waals surface area (Å²) in [5.74, 6) is -2.16. The zero-order valence-electron chi connectivity index (χ0n) is 19.9. The summed E-state index contributed by atoms with van der Waals surface area (Å²) < 4.78 is 16.7. The van der Waals surface area contributed by atoms with Crippen LogP contribution in [0.2, 0.25) is 0 Å². The summed E-state index contributed by atoms with van der Waals surface area (Å²) in [5.41, 5.74) is 6.68. The van der Waals surface area contributed by atoms with Gasteiger partial charge < -0.3 is 25.6 Å². The van der Waals surface area contributed by atoms with E-state index >= 15 is 4.39 Å². The number of carbonyl (C=O) groups excluding carboxylic acids is 1. The highest BCUT2D eigenvalue weighted by Crippen LogP contribution is 2.26. The van der Waals surface area contributed by atoms with Crippen LogP contribution in [0.25, 0.3) is 10.9 Å². The maximum absolute atomic E-state index is 15.0. The number of amides is 1. The number of hydrogen-bond acceptors (Lipinski definition) is 7. The minimum atomic E-state index is -1.33. The van der Waals surface area contributed by atoms with Gasteiger partial charge in [0, 0.05) is 50.0 Å². The fourth-order valence-electron chi connectivity index (χ4n) is 4.18. The lowest BCUT2D eigenvalue weighted by Gasteiger charge is -2.35. The number of rotatable bonds is 8. The van der Waals surface area contributed by atoms with Crippen molar-refractivity contribution in [1.29, 1.82) is 0 Å². The number of anilines is 2. The highest BCUT2D eigenvalue weighted by molar-refractivity contribution is 5.93. The summed E-state index contributed by atoms with van der Waals surface area (Å²) in [6, 6.07) is 10.0. The Morgan fingerprint density at radius 3 is 2.44 bits per heavy atom. The van der Waals surface area contributed by atoms with E-state index in [1.54, 1.807) is 22.8 Å². The highest BCUT2D eigenvalue weighted by Gasteiger charge is 2.23. The van der Waals surface area contributed by atoms with Crippen molar-refractivity contribution < 1.29 is 23.9 Å². The minimum absolute atomic E-state index is 0.0496. The van der Waals surface area contributed by atoms with Crippen molar-refractivity contribution in [2.45, 2.75) is 20.1 Å². The number of piperazine rings is 1. The molecule has 2 aromatic carbocycles. The molecule has 1 amide bonds. The monoisotopic (exact) mass is 497 g/mol. The number of aryl methyl sites for hydroxylation is 1. The Balaban J connectivity index is 1.41. The highest BCUT2D eigenvalue weighted by atomic mass is 19.1. The molecular weight excluding hydrogens is 469 g/mol. The fourth-order valence-corrected chi connectivity index (χ4v) is 4.18. The van der Waals surface area contributed by atoms with Crippen LogP contribution in [0.15, 0.2) is 47.4 Å². The average Bonchev–Trinajstić information content (AvgIpc) is 2.88. The van der Waals surface area contributed by atoms with E-state index in [0.717, 1.165) is 11.6 Å². The van der Waals surface area contributed by atoms with Gasteiger partial charge in [-0.15, -0.1) is 0 Å². The molecule has 4 N–H and O–H groups in total. The van der Waals surface area contributed by atoms with E-state index in [2.05, 4.69) is 5.32 Å². The molecule has 1 aliphatic heterocycles. The van der Waals surface area contributed by atoms with Gasteiger partial charge in [0.25, 0.3) is 0 Å². The van der Waals surface area contributed by atoms with Gasteiger partial charge in [-0.05, 0) is 36.8 Å². The number of hydrogen-bond donors (Lipinski definition) is 3. The van der Waals surface area contributed by atoms with Gasteiger partial charge in [-0.1, -0.05) is 12.1 Å². The van der Waals surface area contributed by atoms with Gasteiger partial charge in [-0.2, -0.15) is 5.06 Å². The number of carboxylic acid groups (broad SMARTS) is 1. The van der Waals surface area contributed by atoms with Crippen molar-refractivity contribution in [2.24, 2.45) is 5.73 Å². The lowest BCUT2D eigenvalue weighted by molar-refractivity contribution is -0.171. The van der Waals surface area contributed by atoms with Gasteiger partial charge in [0.2, 0.25) is 11.3 Å². The lowest BCUT2D eigenvalue weighted by Crippen LogP contribution is -2.46. The molecule has 0 saturated carbocycles. The number of fused-ring (bicyclic) bond motifs is 1. The predicted molar refractivity (Wildman–Crippen MR) is 134 cm³/mol. The van der Waals surface area contributed by atoms with E-state index in [9.17, 15) is 19.5 Å². The second-order valence-corrected chi connectivity index (χ2v) is 8.42. The molecule has 1 aliphatic rings. The second kappa shape index (κ2) is 10.9. The van der Waals surface area contributed by atoms with E-state index in [4.69, 9.17) is 10.6 Å². The molecule has 4 rings (SSSR count). The van der Waals surface area contributed by atoms with Crippen LogP contribution in [-0.2, 0) is 22.8 Å². The first kappa shape index (κ1) is 25.3. The SMILES string of the molecule is CCn1cc(C(=O)O)c(=O)c2cc(F)c(N3CCN(OCc4ccc(NC(=O)CN)cc4)CC3)cc21. The third-order valence-corrected chi connectivity index (χ3v) is 6.14. The summed E-state index contributed by atoms with van der Waals surface area (Å²) in [6.07, 6.45) is 1.30. The normalized spacial score (nSPS) is 14.2. The lowest BCUT2D eigenvalue weighted by atomic mass is 10.1. The predicted octanol–water partition coefficient (Wildman–Crippen LogP) is 2.01. The van der Waals surface area contributed by atoms with Crippen LogP contribution >= 0.6 is 0 Å². The third-order valence-electron chi connectivity index (χ3n) is 6.14. The van der Waals surface area contributed by atoms with Crippen LogP contribution in [0.4, 0.5) is 15.8 Å². The average molecular weight is 498 g/mol. The number of aromatic carboxylic acids is 1. The molecule has 0 atom stereocenters. The Hall–Kier alpha value is -3.80. The Morgan fingerprint density at radius 1 is 1.14 bits per heavy atom. The van der Waals surface area contributed by atoms with Crippen LogP contribution in [0.5, 0.6) is 0 Å². The van der Waals surface area contributed by atoms with Crippen LogP contribution < -0.4 is 21.4 Å². The standard InChI is InChI=1S/C25H28FN5O5/c1-2-29-14-19(25(34)35)24(33)18-11-20(26)22(12-21(18)29)30-7-9-31(10-8-30)36-15-16-3-5-17(6-4-16)28-23(32)13-27/h3-6,11-12,14H,2,7-10,13,15,27H2,1H3,(H,28,32)(H,34,35). The summed E-state index contributed by atoms with van der Waals surface area (Å²) >= 11 is 0. The number of nitrogens with two attached hydrogens (primary N) is 1. The van der Waals surface area contributed by atoms with Gasteiger partial charge >= 0.3 is 5.97 Å². The maximum Gasteiger partial charge on any atom is 0.341 e. The van der Waals surface area contributed by atoms with Gasteiger partial charge in [-0.25, -0.2) is 9.18 Å². The van der Waals surface area contributed by atoms with Crippen LogP contribution in [0.1, 0.15) is 22.8 Å². The number of pyridine rings is 1. The van der Waals surface area contributed by atoms with Gasteiger partial charge in [-0.3, -0.25) is 14.4 Å². The molecular formula is C25H28FN5O5. The van der Waals surface area contributed by atoms with Gasteiger partial charge in [0.05, 0.1) is 24.4 Å². The van der Waals surface area contributed by atoms with E-state index in [1.165, 1.54) is 6.20 Å². The number of carboxylic acids is 1. The molecule has 1 fully saturated rings. The number of benzene rings is 2. The van der Waals surface area contributed by atoms with Crippen molar-refractivity contribution in [2.75, 3.05) is 42.9 Å². The van der Waals surface area contributed by atoms with Crippen molar-refractivity contribution in [1.82, 2.24) is 9.63 Å². The molecule has 0 radical (unpaired) electrons. The first-order valence-electron chi connectivity index (χ1n) is 11.6. The molecule has 10 nitrogen and oxygen atoms in total. The van der Waals surface area contributed by atoms with E-state index in [1.807, 2.05) is 29.0 Å².